The first-order chi connectivity index (χ1) is 9.78. The van der Waals surface area contributed by atoms with E-state index in [0.29, 0.717) is 5.92 Å². The second-order valence-corrected chi connectivity index (χ2v) is 5.43. The molecule has 0 amide bonds. The highest BCUT2D eigenvalue weighted by molar-refractivity contribution is 5.17. The van der Waals surface area contributed by atoms with Gasteiger partial charge in [0.2, 0.25) is 0 Å². The molecule has 0 aliphatic carbocycles. The summed E-state index contributed by atoms with van der Waals surface area (Å²) in [6.45, 7) is 5.18. The fraction of sp³-hybridized carbons (Fsp3) is 0.412. The number of hydrogen-bond donors (Lipinski definition) is 2. The van der Waals surface area contributed by atoms with Gasteiger partial charge in [0.1, 0.15) is 0 Å². The van der Waals surface area contributed by atoms with Crippen LogP contribution >= 0.6 is 0 Å². The minimum atomic E-state index is 0.274. The van der Waals surface area contributed by atoms with Crippen molar-refractivity contribution in [1.82, 2.24) is 9.88 Å². The highest BCUT2D eigenvalue weighted by atomic mass is 16.3. The molecule has 0 bridgehead atoms. The molecule has 1 atom stereocenters. The number of rotatable bonds is 8. The first-order valence-corrected chi connectivity index (χ1v) is 7.28. The van der Waals surface area contributed by atoms with E-state index in [1.54, 1.807) is 0 Å². The van der Waals surface area contributed by atoms with Crippen molar-refractivity contribution in [2.24, 2.45) is 5.92 Å². The Morgan fingerprint density at radius 2 is 1.95 bits per heavy atom. The third-order valence-electron chi connectivity index (χ3n) is 3.46. The van der Waals surface area contributed by atoms with Gasteiger partial charge in [-0.15, -0.1) is 0 Å². The first kappa shape index (κ1) is 14.8. The molecular weight excluding hydrogens is 248 g/mol. The summed E-state index contributed by atoms with van der Waals surface area (Å²) < 4.78 is 2.21. The van der Waals surface area contributed by atoms with Crippen molar-refractivity contribution in [3.8, 4) is 0 Å². The molecule has 3 nitrogen and oxygen atoms in total. The number of benzene rings is 1. The van der Waals surface area contributed by atoms with Crippen LogP contribution in [-0.4, -0.2) is 22.8 Å². The Hall–Kier alpha value is -1.58. The zero-order valence-corrected chi connectivity index (χ0v) is 12.1. The third kappa shape index (κ3) is 4.83. The number of aliphatic hydroxyl groups excluding tert-OH is 1. The summed E-state index contributed by atoms with van der Waals surface area (Å²) in [7, 11) is 0. The topological polar surface area (TPSA) is 37.2 Å². The highest BCUT2D eigenvalue weighted by Crippen LogP contribution is 2.07. The molecule has 1 heterocycles. The minimum Gasteiger partial charge on any atom is -0.396 e. The Bertz CT molecular complexity index is 493. The summed E-state index contributed by atoms with van der Waals surface area (Å²) in [5.74, 6) is 0.520. The number of hydrogen-bond acceptors (Lipinski definition) is 2. The monoisotopic (exact) mass is 272 g/mol. The molecule has 1 aromatic carbocycles. The van der Waals surface area contributed by atoms with Crippen LogP contribution in [0.15, 0.2) is 48.8 Å². The van der Waals surface area contributed by atoms with Crippen LogP contribution in [-0.2, 0) is 13.1 Å². The van der Waals surface area contributed by atoms with E-state index >= 15 is 0 Å². The molecule has 0 aliphatic rings. The van der Waals surface area contributed by atoms with Gasteiger partial charge in [0.05, 0.1) is 0 Å². The maximum Gasteiger partial charge on any atom is 0.0470 e. The normalized spacial score (nSPS) is 12.5. The molecule has 0 radical (unpaired) electrons. The van der Waals surface area contributed by atoms with E-state index in [4.69, 9.17) is 5.11 Å². The van der Waals surface area contributed by atoms with Crippen LogP contribution in [0.25, 0.3) is 0 Å². The van der Waals surface area contributed by atoms with Crippen LogP contribution < -0.4 is 5.32 Å². The Labute approximate surface area is 121 Å². The average Bonchev–Trinajstić information content (AvgIpc) is 2.88. The first-order valence-electron chi connectivity index (χ1n) is 7.28. The molecule has 0 saturated heterocycles. The second kappa shape index (κ2) is 7.88. The van der Waals surface area contributed by atoms with Crippen molar-refractivity contribution in [2.45, 2.75) is 26.4 Å². The van der Waals surface area contributed by atoms with Crippen LogP contribution in [0.4, 0.5) is 0 Å². The van der Waals surface area contributed by atoms with Crippen LogP contribution in [0.5, 0.6) is 0 Å². The molecule has 0 spiro atoms. The molecule has 2 N–H and O–H groups in total. The number of aliphatic hydroxyl groups is 1. The predicted molar refractivity (Wildman–Crippen MR) is 82.5 cm³/mol. The lowest BCUT2D eigenvalue weighted by atomic mass is 10.1. The summed E-state index contributed by atoms with van der Waals surface area (Å²) in [6.07, 6.45) is 5.18. The molecular formula is C17H24N2O. The fourth-order valence-electron chi connectivity index (χ4n) is 2.27. The quantitative estimate of drug-likeness (QED) is 0.775. The summed E-state index contributed by atoms with van der Waals surface area (Å²) >= 11 is 0. The number of nitrogens with one attached hydrogen (secondary N) is 1. The molecule has 2 rings (SSSR count). The minimum absolute atomic E-state index is 0.274. The van der Waals surface area contributed by atoms with E-state index in [9.17, 15) is 0 Å². The van der Waals surface area contributed by atoms with E-state index in [-0.39, 0.29) is 6.61 Å². The Balaban J connectivity index is 1.78. The number of aromatic nitrogens is 1. The SMILES string of the molecule is CC(CCO)CNCc1ccn(Cc2ccccc2)c1. The van der Waals surface area contributed by atoms with Crippen molar-refractivity contribution in [2.75, 3.05) is 13.2 Å². The van der Waals surface area contributed by atoms with E-state index in [1.807, 2.05) is 6.07 Å². The fourth-order valence-corrected chi connectivity index (χ4v) is 2.27. The standard InChI is InChI=1S/C17H24N2O/c1-15(8-10-20)11-18-12-17-7-9-19(14-17)13-16-5-3-2-4-6-16/h2-7,9,14-15,18,20H,8,10-13H2,1H3. The van der Waals surface area contributed by atoms with Gasteiger partial charge in [-0.2, -0.15) is 0 Å². The van der Waals surface area contributed by atoms with Gasteiger partial charge >= 0.3 is 0 Å². The maximum atomic E-state index is 8.87. The highest BCUT2D eigenvalue weighted by Gasteiger charge is 2.02. The maximum absolute atomic E-state index is 8.87. The van der Waals surface area contributed by atoms with Gasteiger partial charge in [0, 0.05) is 32.1 Å². The lowest BCUT2D eigenvalue weighted by Gasteiger charge is -2.10. The predicted octanol–water partition coefficient (Wildman–Crippen LogP) is 2.64. The molecule has 108 valence electrons. The van der Waals surface area contributed by atoms with E-state index < -0.39 is 0 Å². The molecule has 1 aromatic heterocycles. The second-order valence-electron chi connectivity index (χ2n) is 5.43. The lowest BCUT2D eigenvalue weighted by molar-refractivity contribution is 0.260. The van der Waals surface area contributed by atoms with Crippen molar-refractivity contribution in [3.63, 3.8) is 0 Å². The van der Waals surface area contributed by atoms with Crippen LogP contribution in [0.3, 0.4) is 0 Å². The van der Waals surface area contributed by atoms with Crippen LogP contribution in [0.2, 0.25) is 0 Å². The van der Waals surface area contributed by atoms with Gasteiger partial charge in [-0.3, -0.25) is 0 Å². The largest absolute Gasteiger partial charge is 0.396 e. The summed E-state index contributed by atoms with van der Waals surface area (Å²) in [5, 5.41) is 12.3. The van der Waals surface area contributed by atoms with Gasteiger partial charge in [0.25, 0.3) is 0 Å². The zero-order chi connectivity index (χ0) is 14.2. The van der Waals surface area contributed by atoms with Gasteiger partial charge in [-0.05, 0) is 36.1 Å². The zero-order valence-electron chi connectivity index (χ0n) is 12.1. The lowest BCUT2D eigenvalue weighted by Crippen LogP contribution is -2.21. The number of nitrogens with zero attached hydrogens (tertiary/aromatic N) is 1. The van der Waals surface area contributed by atoms with Gasteiger partial charge < -0.3 is 15.0 Å². The summed E-state index contributed by atoms with van der Waals surface area (Å²) in [5.41, 5.74) is 2.62. The molecule has 20 heavy (non-hydrogen) atoms. The summed E-state index contributed by atoms with van der Waals surface area (Å²) in [6, 6.07) is 12.6. The van der Waals surface area contributed by atoms with Gasteiger partial charge in [-0.1, -0.05) is 37.3 Å². The van der Waals surface area contributed by atoms with Crippen LogP contribution in [0.1, 0.15) is 24.5 Å². The van der Waals surface area contributed by atoms with Crippen molar-refractivity contribution in [1.29, 1.82) is 0 Å². The Kier molecular flexibility index (Phi) is 5.84. The Morgan fingerprint density at radius 1 is 1.15 bits per heavy atom. The van der Waals surface area contributed by atoms with Crippen molar-refractivity contribution in [3.05, 3.63) is 59.9 Å². The van der Waals surface area contributed by atoms with E-state index in [1.165, 1.54) is 11.1 Å². The molecule has 0 aliphatic heterocycles. The van der Waals surface area contributed by atoms with Crippen molar-refractivity contribution < 1.29 is 5.11 Å². The molecule has 1 unspecified atom stereocenters. The van der Waals surface area contributed by atoms with Crippen LogP contribution in [0, 0.1) is 5.92 Å². The van der Waals surface area contributed by atoms with Crippen molar-refractivity contribution >= 4 is 0 Å². The van der Waals surface area contributed by atoms with E-state index in [0.717, 1.165) is 26.1 Å². The Morgan fingerprint density at radius 3 is 2.70 bits per heavy atom. The smallest absolute Gasteiger partial charge is 0.0470 e. The average molecular weight is 272 g/mol. The summed E-state index contributed by atoms with van der Waals surface area (Å²) in [4.78, 5) is 0. The third-order valence-corrected chi connectivity index (χ3v) is 3.46. The molecule has 0 fully saturated rings. The van der Waals surface area contributed by atoms with E-state index in [2.05, 4.69) is 59.5 Å². The van der Waals surface area contributed by atoms with Gasteiger partial charge in [-0.25, -0.2) is 0 Å². The molecule has 2 aromatic rings. The molecule has 0 saturated carbocycles. The van der Waals surface area contributed by atoms with Gasteiger partial charge in [0.15, 0.2) is 0 Å². The molecule has 3 heteroatoms.